The maximum Gasteiger partial charge on any atom is 0.309 e. The predicted octanol–water partition coefficient (Wildman–Crippen LogP) is 4.68. The van der Waals surface area contributed by atoms with E-state index in [9.17, 15) is 14.4 Å². The quantitative estimate of drug-likeness (QED) is 0.458. The van der Waals surface area contributed by atoms with Gasteiger partial charge in [-0.3, -0.25) is 14.4 Å². The molecule has 0 unspecified atom stereocenters. The third-order valence-corrected chi connectivity index (χ3v) is 2.40. The Kier molecular flexibility index (Phi) is 34.0. The van der Waals surface area contributed by atoms with Gasteiger partial charge in [0.25, 0.3) is 0 Å². The summed E-state index contributed by atoms with van der Waals surface area (Å²) >= 11 is 0. The molecule has 0 aliphatic carbocycles. The van der Waals surface area contributed by atoms with E-state index in [-0.39, 0.29) is 25.3 Å². The summed E-state index contributed by atoms with van der Waals surface area (Å²) in [5, 5.41) is 0. The van der Waals surface area contributed by atoms with Crippen LogP contribution in [0.15, 0.2) is 0 Å². The van der Waals surface area contributed by atoms with Gasteiger partial charge in [-0.15, -0.1) is 0 Å². The summed E-state index contributed by atoms with van der Waals surface area (Å²) in [6.07, 6.45) is 4.85. The second-order valence-corrected chi connectivity index (χ2v) is 3.97. The van der Waals surface area contributed by atoms with Crippen LogP contribution in [-0.4, -0.2) is 37.7 Å². The summed E-state index contributed by atoms with van der Waals surface area (Å²) in [5.74, 6) is -0.147. The molecule has 152 valence electrons. The zero-order valence-electron chi connectivity index (χ0n) is 16.3. The van der Waals surface area contributed by atoms with Crippen molar-refractivity contribution in [3.63, 3.8) is 0 Å². The van der Waals surface area contributed by atoms with E-state index in [1.807, 2.05) is 41.5 Å². The van der Waals surface area contributed by atoms with E-state index in [2.05, 4.69) is 14.2 Å². The van der Waals surface area contributed by atoms with Gasteiger partial charge in [0.1, 0.15) is 6.61 Å². The van der Waals surface area contributed by atoms with Gasteiger partial charge in [-0.05, 0) is 19.3 Å². The third-order valence-electron chi connectivity index (χ3n) is 2.40. The molecule has 3 aliphatic rings. The average Bonchev–Trinajstić information content (AvgIpc) is 3.11. The number of carbonyl (C=O) groups is 3. The molecule has 6 heteroatoms. The van der Waals surface area contributed by atoms with Gasteiger partial charge in [-0.1, -0.05) is 49.0 Å². The smallest absolute Gasteiger partial charge is 0.309 e. The van der Waals surface area contributed by atoms with E-state index in [1.54, 1.807) is 0 Å². The van der Waals surface area contributed by atoms with Crippen LogP contribution in [0.5, 0.6) is 0 Å². The molecule has 0 bridgehead atoms. The van der Waals surface area contributed by atoms with Crippen molar-refractivity contribution in [1.29, 1.82) is 0 Å². The first kappa shape index (κ1) is 31.2. The van der Waals surface area contributed by atoms with Crippen LogP contribution in [0.3, 0.4) is 0 Å². The van der Waals surface area contributed by atoms with Gasteiger partial charge in [-0.2, -0.15) is 0 Å². The lowest BCUT2D eigenvalue weighted by Crippen LogP contribution is -2.18. The molecule has 0 aromatic rings. The van der Waals surface area contributed by atoms with E-state index in [4.69, 9.17) is 0 Å². The molecule has 3 heterocycles. The van der Waals surface area contributed by atoms with Crippen molar-refractivity contribution in [3.05, 3.63) is 0 Å². The topological polar surface area (TPSA) is 78.9 Å². The maximum absolute atomic E-state index is 10.2. The lowest BCUT2D eigenvalue weighted by atomic mass is 10.2. The third kappa shape index (κ3) is 24.8. The fraction of sp³-hybridized carbons (Fsp3) is 0.842. The summed E-state index contributed by atoms with van der Waals surface area (Å²) in [4.78, 5) is 29.9. The SMILES string of the molecule is C.CC.CC.CC.O=C1CCCCO1.O=C1CCCO1.O=C1CCO1. The van der Waals surface area contributed by atoms with Gasteiger partial charge in [0.2, 0.25) is 0 Å². The van der Waals surface area contributed by atoms with Crippen LogP contribution in [0.2, 0.25) is 0 Å². The van der Waals surface area contributed by atoms with Gasteiger partial charge in [0.15, 0.2) is 0 Å². The van der Waals surface area contributed by atoms with Crippen molar-refractivity contribution in [2.75, 3.05) is 19.8 Å². The molecule has 0 N–H and O–H groups in total. The van der Waals surface area contributed by atoms with Crippen LogP contribution >= 0.6 is 0 Å². The summed E-state index contributed by atoms with van der Waals surface area (Å²) < 4.78 is 13.4. The number of cyclic esters (lactones) is 3. The average molecular weight is 365 g/mol. The molecular weight excluding hydrogens is 324 g/mol. The van der Waals surface area contributed by atoms with Gasteiger partial charge in [0.05, 0.1) is 19.6 Å². The number of carbonyl (C=O) groups excluding carboxylic acids is 3. The zero-order valence-corrected chi connectivity index (χ0v) is 16.3. The van der Waals surface area contributed by atoms with Crippen LogP contribution in [0.25, 0.3) is 0 Å². The molecule has 0 spiro atoms. The molecule has 0 radical (unpaired) electrons. The standard InChI is InChI=1S/C5H8O2.C4H6O2.C3H4O2.3C2H6.CH4/c6-5-3-1-2-4-7-5;5-4-2-1-3-6-4;4-3-1-2-5-3;3*1-2;/h1-4H2;1-3H2;1-2H2;3*1-2H3;1H4. The summed E-state index contributed by atoms with van der Waals surface area (Å²) in [5.41, 5.74) is 0. The first-order valence-electron chi connectivity index (χ1n) is 9.15. The predicted molar refractivity (Wildman–Crippen MR) is 101 cm³/mol. The highest BCUT2D eigenvalue weighted by Gasteiger charge is 2.11. The summed E-state index contributed by atoms with van der Waals surface area (Å²) in [7, 11) is 0. The molecular formula is C19H40O6. The van der Waals surface area contributed by atoms with Crippen LogP contribution in [0.1, 0.15) is 87.5 Å². The van der Waals surface area contributed by atoms with Crippen molar-refractivity contribution in [3.8, 4) is 0 Å². The Morgan fingerprint density at radius 2 is 0.840 bits per heavy atom. The molecule has 6 nitrogen and oxygen atoms in total. The summed E-state index contributed by atoms with van der Waals surface area (Å²) in [6, 6.07) is 0. The molecule has 0 amide bonds. The van der Waals surface area contributed by atoms with Crippen molar-refractivity contribution in [2.24, 2.45) is 0 Å². The minimum absolute atomic E-state index is 0. The fourth-order valence-electron chi connectivity index (χ4n) is 1.29. The van der Waals surface area contributed by atoms with E-state index in [1.165, 1.54) is 0 Å². The number of esters is 3. The molecule has 3 saturated heterocycles. The van der Waals surface area contributed by atoms with Gasteiger partial charge in [-0.25, -0.2) is 0 Å². The fourth-order valence-corrected chi connectivity index (χ4v) is 1.29. The number of hydrogen-bond donors (Lipinski definition) is 0. The molecule has 0 saturated carbocycles. The molecule has 0 aromatic carbocycles. The molecule has 3 fully saturated rings. The first-order chi connectivity index (χ1) is 11.7. The molecule has 3 rings (SSSR count). The van der Waals surface area contributed by atoms with E-state index < -0.39 is 0 Å². The Bertz CT molecular complexity index is 280. The van der Waals surface area contributed by atoms with Gasteiger partial charge >= 0.3 is 17.9 Å². The lowest BCUT2D eigenvalue weighted by molar-refractivity contribution is -0.157. The Morgan fingerprint density at radius 3 is 0.960 bits per heavy atom. The van der Waals surface area contributed by atoms with Crippen LogP contribution in [-0.2, 0) is 28.6 Å². The Hall–Kier alpha value is -1.59. The van der Waals surface area contributed by atoms with Gasteiger partial charge < -0.3 is 14.2 Å². The van der Waals surface area contributed by atoms with Crippen LogP contribution < -0.4 is 0 Å². The second kappa shape index (κ2) is 27.3. The van der Waals surface area contributed by atoms with Gasteiger partial charge in [0, 0.05) is 12.8 Å². The molecule has 0 atom stereocenters. The number of rotatable bonds is 0. The minimum atomic E-state index is -0.0648. The van der Waals surface area contributed by atoms with Crippen LogP contribution in [0, 0.1) is 0 Å². The van der Waals surface area contributed by atoms with Crippen molar-refractivity contribution >= 4 is 17.9 Å². The van der Waals surface area contributed by atoms with Crippen LogP contribution in [0.4, 0.5) is 0 Å². The second-order valence-electron chi connectivity index (χ2n) is 3.97. The van der Waals surface area contributed by atoms with Crippen molar-refractivity contribution in [2.45, 2.75) is 87.5 Å². The molecule has 3 aliphatic heterocycles. The Labute approximate surface area is 154 Å². The molecule has 25 heavy (non-hydrogen) atoms. The monoisotopic (exact) mass is 364 g/mol. The Balaban J connectivity index is -0.000000114. The number of ether oxygens (including phenoxy) is 3. The highest BCUT2D eigenvalue weighted by molar-refractivity contribution is 5.73. The maximum atomic E-state index is 10.2. The number of hydrogen-bond acceptors (Lipinski definition) is 6. The van der Waals surface area contributed by atoms with E-state index >= 15 is 0 Å². The Morgan fingerprint density at radius 1 is 0.520 bits per heavy atom. The minimum Gasteiger partial charge on any atom is -0.466 e. The first-order valence-corrected chi connectivity index (χ1v) is 9.15. The van der Waals surface area contributed by atoms with Crippen molar-refractivity contribution in [1.82, 2.24) is 0 Å². The summed E-state index contributed by atoms with van der Waals surface area (Å²) in [6.45, 7) is 13.9. The van der Waals surface area contributed by atoms with Crippen molar-refractivity contribution < 1.29 is 28.6 Å². The largest absolute Gasteiger partial charge is 0.466 e. The van der Waals surface area contributed by atoms with E-state index in [0.29, 0.717) is 39.1 Å². The zero-order chi connectivity index (χ0) is 19.2. The van der Waals surface area contributed by atoms with E-state index in [0.717, 1.165) is 19.3 Å². The highest BCUT2D eigenvalue weighted by Crippen LogP contribution is 2.04. The highest BCUT2D eigenvalue weighted by atomic mass is 16.6. The lowest BCUT2D eigenvalue weighted by Gasteiger charge is -2.09. The molecule has 0 aromatic heterocycles. The normalized spacial score (nSPS) is 15.8.